The van der Waals surface area contributed by atoms with Crippen molar-refractivity contribution in [1.29, 1.82) is 0 Å². The van der Waals surface area contributed by atoms with Crippen molar-refractivity contribution >= 4 is 86.2 Å². The van der Waals surface area contributed by atoms with Crippen LogP contribution >= 0.6 is 0 Å². The smallest absolute Gasteiger partial charge is 0.114 e. The molecule has 13 rings (SSSR count). The topological polar surface area (TPSA) is 12.5 Å². The van der Waals surface area contributed by atoms with E-state index in [2.05, 4.69) is 36.4 Å². The fraction of sp³-hybridized carbons (Fsp3) is 0.125. The van der Waals surface area contributed by atoms with E-state index in [1.165, 1.54) is 65.7 Å². The van der Waals surface area contributed by atoms with Gasteiger partial charge in [-0.25, -0.2) is 0 Å². The van der Waals surface area contributed by atoms with Crippen LogP contribution in [0.3, 0.4) is 0 Å². The minimum absolute atomic E-state index is 0.268. The summed E-state index contributed by atoms with van der Waals surface area (Å²) in [6, 6.07) is 14.9. The molecule has 0 spiro atoms. The van der Waals surface area contributed by atoms with Gasteiger partial charge in [0.05, 0.1) is 0 Å². The number of ether oxygens (including phenoxy) is 1. The third-order valence-corrected chi connectivity index (χ3v) is 10.3. The molecular formula is C32H12O. The second-order valence-electron chi connectivity index (χ2n) is 11.4. The van der Waals surface area contributed by atoms with Crippen molar-refractivity contribution in [2.45, 2.75) is 25.0 Å². The summed E-state index contributed by atoms with van der Waals surface area (Å²) in [5.74, 6) is 0. The van der Waals surface area contributed by atoms with Crippen molar-refractivity contribution in [3.63, 3.8) is 0 Å². The lowest BCUT2D eigenvalue weighted by Crippen LogP contribution is -1.96. The number of hydrogen-bond donors (Lipinski definition) is 0. The Morgan fingerprint density at radius 1 is 0.424 bits per heavy atom. The third-order valence-electron chi connectivity index (χ3n) is 10.3. The molecule has 0 amide bonds. The van der Waals surface area contributed by atoms with Crippen LogP contribution in [0.1, 0.15) is 45.6 Å². The van der Waals surface area contributed by atoms with Gasteiger partial charge in [0, 0.05) is 0 Å². The van der Waals surface area contributed by atoms with Gasteiger partial charge in [0.2, 0.25) is 0 Å². The normalized spacial score (nSPS) is 22.2. The van der Waals surface area contributed by atoms with Crippen LogP contribution in [0.15, 0.2) is 36.4 Å². The first-order valence-corrected chi connectivity index (χ1v) is 12.3. The Bertz CT molecular complexity index is 2310. The Hall–Kier alpha value is -3.68. The first kappa shape index (κ1) is 13.8. The summed E-state index contributed by atoms with van der Waals surface area (Å²) in [4.78, 5) is 0. The monoisotopic (exact) mass is 412 g/mol. The molecule has 146 valence electrons. The minimum atomic E-state index is 0.268. The van der Waals surface area contributed by atoms with Gasteiger partial charge in [0.25, 0.3) is 0 Å². The summed E-state index contributed by atoms with van der Waals surface area (Å²) in [5, 5.41) is 24.8. The van der Waals surface area contributed by atoms with Crippen molar-refractivity contribution in [2.75, 3.05) is 0 Å². The third kappa shape index (κ3) is 1.01. The van der Waals surface area contributed by atoms with Crippen LogP contribution in [-0.2, 0) is 17.6 Å². The van der Waals surface area contributed by atoms with E-state index in [0.717, 1.165) is 12.8 Å². The van der Waals surface area contributed by atoms with E-state index in [0.29, 0.717) is 0 Å². The molecule has 0 saturated carbocycles. The number of benzene rings is 7. The average Bonchev–Trinajstić information content (AvgIpc) is 3.05. The molecule has 9 aromatic rings. The SMILES string of the molecule is c1c2c3c4c(cc5c6c7c(cc8ccc9cc%10c%11c(c1C%10)c3c(c46)c1c%11c9c8c71)C5)C1OC21. The second-order valence-corrected chi connectivity index (χ2v) is 11.4. The highest BCUT2D eigenvalue weighted by atomic mass is 16.6. The maximum absolute atomic E-state index is 6.38. The highest BCUT2D eigenvalue weighted by molar-refractivity contribution is 6.58. The van der Waals surface area contributed by atoms with Crippen LogP contribution in [0.5, 0.6) is 0 Å². The van der Waals surface area contributed by atoms with Gasteiger partial charge >= 0.3 is 0 Å². The molecule has 0 aromatic heterocycles. The van der Waals surface area contributed by atoms with Crippen molar-refractivity contribution in [1.82, 2.24) is 0 Å². The number of hydrogen-bond acceptors (Lipinski definition) is 1. The van der Waals surface area contributed by atoms with Gasteiger partial charge in [-0.15, -0.1) is 0 Å². The van der Waals surface area contributed by atoms with Crippen LogP contribution in [0.2, 0.25) is 0 Å². The minimum Gasteiger partial charge on any atom is -0.359 e. The molecule has 1 heteroatoms. The number of epoxide rings is 1. The van der Waals surface area contributed by atoms with E-state index in [9.17, 15) is 0 Å². The zero-order valence-electron chi connectivity index (χ0n) is 17.4. The van der Waals surface area contributed by atoms with Gasteiger partial charge < -0.3 is 4.74 Å². The largest absolute Gasteiger partial charge is 0.359 e. The average molecular weight is 412 g/mol. The van der Waals surface area contributed by atoms with Crippen LogP contribution in [0.25, 0.3) is 86.2 Å². The molecule has 0 N–H and O–H groups in total. The van der Waals surface area contributed by atoms with Crippen molar-refractivity contribution < 1.29 is 4.74 Å². The number of fused-ring (bicyclic) bond motifs is 3. The fourth-order valence-electron chi connectivity index (χ4n) is 9.46. The zero-order chi connectivity index (χ0) is 20.2. The summed E-state index contributed by atoms with van der Waals surface area (Å²) in [6.07, 6.45) is 2.68. The van der Waals surface area contributed by atoms with E-state index in [1.54, 1.807) is 53.9 Å². The molecule has 1 aliphatic heterocycles. The molecule has 1 heterocycles. The van der Waals surface area contributed by atoms with Gasteiger partial charge in [-0.05, 0) is 132 Å². The molecule has 33 heavy (non-hydrogen) atoms. The van der Waals surface area contributed by atoms with Crippen LogP contribution in [0.4, 0.5) is 0 Å². The van der Waals surface area contributed by atoms with E-state index < -0.39 is 0 Å². The molecule has 3 aliphatic carbocycles. The lowest BCUT2D eigenvalue weighted by Gasteiger charge is -2.13. The van der Waals surface area contributed by atoms with Crippen molar-refractivity contribution in [3.8, 4) is 0 Å². The molecule has 1 nitrogen and oxygen atoms in total. The summed E-state index contributed by atoms with van der Waals surface area (Å²) in [7, 11) is 0. The first-order chi connectivity index (χ1) is 16.4. The standard InChI is InChI=1S/C32H12O/c1-2-10-4-12-6-14-8-16-24-23-15(31-32(16)33-31)7-13-5-11-3-9(1)17-18(10)26-20(12)22(14)28(24)30-27(23)21(13)19(11)25(17)29(26)30/h1-4,7-8,31-32H,5-6H2. The van der Waals surface area contributed by atoms with Gasteiger partial charge in [-0.2, -0.15) is 0 Å². The van der Waals surface area contributed by atoms with Crippen molar-refractivity contribution in [2.24, 2.45) is 0 Å². The van der Waals surface area contributed by atoms with Gasteiger partial charge in [0.15, 0.2) is 0 Å². The number of rotatable bonds is 0. The predicted molar refractivity (Wildman–Crippen MR) is 135 cm³/mol. The maximum atomic E-state index is 6.38. The van der Waals surface area contributed by atoms with E-state index in [4.69, 9.17) is 4.74 Å². The highest BCUT2D eigenvalue weighted by Crippen LogP contribution is 2.67. The summed E-state index contributed by atoms with van der Waals surface area (Å²) >= 11 is 0. The molecule has 0 bridgehead atoms. The van der Waals surface area contributed by atoms with Crippen LogP contribution in [0, 0.1) is 0 Å². The highest BCUT2D eigenvalue weighted by Gasteiger charge is 2.49. The Morgan fingerprint density at radius 2 is 0.818 bits per heavy atom. The molecule has 1 fully saturated rings. The lowest BCUT2D eigenvalue weighted by molar-refractivity contribution is 0.380. The first-order valence-electron chi connectivity index (χ1n) is 12.3. The molecule has 2 unspecified atom stereocenters. The Kier molecular flexibility index (Phi) is 1.48. The van der Waals surface area contributed by atoms with Crippen LogP contribution in [-0.4, -0.2) is 0 Å². The summed E-state index contributed by atoms with van der Waals surface area (Å²) < 4.78 is 6.38. The summed E-state index contributed by atoms with van der Waals surface area (Å²) in [5.41, 5.74) is 9.11. The molecule has 1 saturated heterocycles. The quantitative estimate of drug-likeness (QED) is 0.181. The maximum Gasteiger partial charge on any atom is 0.114 e. The van der Waals surface area contributed by atoms with Gasteiger partial charge in [0.1, 0.15) is 12.2 Å². The molecule has 9 aromatic carbocycles. The molecule has 0 radical (unpaired) electrons. The fourth-order valence-corrected chi connectivity index (χ4v) is 9.46. The molecule has 4 aliphatic rings. The van der Waals surface area contributed by atoms with Crippen molar-refractivity contribution in [3.05, 3.63) is 69.8 Å². The summed E-state index contributed by atoms with van der Waals surface area (Å²) in [6.45, 7) is 0. The van der Waals surface area contributed by atoms with Crippen LogP contribution < -0.4 is 0 Å². The Labute approximate surface area is 185 Å². The zero-order valence-corrected chi connectivity index (χ0v) is 17.4. The molecule has 2 atom stereocenters. The van der Waals surface area contributed by atoms with E-state index >= 15 is 0 Å². The van der Waals surface area contributed by atoms with E-state index in [-0.39, 0.29) is 12.2 Å². The molecular weight excluding hydrogens is 400 g/mol. The second kappa shape index (κ2) is 3.54. The Balaban J connectivity index is 1.63. The Morgan fingerprint density at radius 3 is 1.30 bits per heavy atom. The van der Waals surface area contributed by atoms with Gasteiger partial charge in [-0.1, -0.05) is 36.4 Å². The lowest BCUT2D eigenvalue weighted by atomic mass is 9.87. The van der Waals surface area contributed by atoms with Gasteiger partial charge in [-0.3, -0.25) is 0 Å². The predicted octanol–water partition coefficient (Wildman–Crippen LogP) is 8.04. The van der Waals surface area contributed by atoms with E-state index in [1.807, 2.05) is 0 Å².